The number of nitrogens with one attached hydrogen (secondary N) is 1. The van der Waals surface area contributed by atoms with Crippen molar-refractivity contribution in [1.82, 2.24) is 4.90 Å². The standard InChI is InChI=1S/C23H22N2O7S/c1-3-31-18-10-15(6-9-17(18)32-13-21(27)28)11-19-22(29)25(23(30)33-19)12-20(26)24-16-7-4-14(2)5-8-16/h4-11H,3,12-13H2,1-2H3,(H,24,26)(H,27,28)/b19-11+. The fourth-order valence-electron chi connectivity index (χ4n) is 2.91. The summed E-state index contributed by atoms with van der Waals surface area (Å²) in [4.78, 5) is 49.2. The third-order valence-corrected chi connectivity index (χ3v) is 5.33. The van der Waals surface area contributed by atoms with E-state index >= 15 is 0 Å². The first-order valence-electron chi connectivity index (χ1n) is 10.00. The van der Waals surface area contributed by atoms with Gasteiger partial charge in [0.05, 0.1) is 11.5 Å². The van der Waals surface area contributed by atoms with Gasteiger partial charge in [0.1, 0.15) is 6.54 Å². The van der Waals surface area contributed by atoms with Crippen LogP contribution in [-0.2, 0) is 14.4 Å². The van der Waals surface area contributed by atoms with E-state index in [1.807, 2.05) is 19.1 Å². The highest BCUT2D eigenvalue weighted by atomic mass is 32.2. The quantitative estimate of drug-likeness (QED) is 0.534. The third kappa shape index (κ3) is 6.36. The Morgan fingerprint density at radius 3 is 2.48 bits per heavy atom. The second-order valence-electron chi connectivity index (χ2n) is 7.00. The molecule has 0 radical (unpaired) electrons. The Labute approximate surface area is 194 Å². The first-order chi connectivity index (χ1) is 15.8. The molecule has 172 valence electrons. The zero-order valence-corrected chi connectivity index (χ0v) is 18.8. The average molecular weight is 471 g/mol. The minimum Gasteiger partial charge on any atom is -0.490 e. The van der Waals surface area contributed by atoms with Crippen LogP contribution in [0.3, 0.4) is 0 Å². The molecule has 0 bridgehead atoms. The number of carboxylic acid groups (broad SMARTS) is 1. The van der Waals surface area contributed by atoms with E-state index in [-0.39, 0.29) is 10.7 Å². The number of amides is 3. The van der Waals surface area contributed by atoms with Gasteiger partial charge in [-0.1, -0.05) is 23.8 Å². The van der Waals surface area contributed by atoms with E-state index in [4.69, 9.17) is 14.6 Å². The fraction of sp³-hybridized carbons (Fsp3) is 0.217. The van der Waals surface area contributed by atoms with Crippen LogP contribution in [-0.4, -0.2) is 52.8 Å². The highest BCUT2D eigenvalue weighted by Gasteiger charge is 2.36. The number of ether oxygens (including phenoxy) is 2. The monoisotopic (exact) mass is 470 g/mol. The lowest BCUT2D eigenvalue weighted by Crippen LogP contribution is -2.36. The predicted molar refractivity (Wildman–Crippen MR) is 123 cm³/mol. The number of imide groups is 1. The molecule has 9 nitrogen and oxygen atoms in total. The average Bonchev–Trinajstić information content (AvgIpc) is 3.02. The number of rotatable bonds is 9. The Bertz CT molecular complexity index is 1110. The fourth-order valence-corrected chi connectivity index (χ4v) is 3.75. The van der Waals surface area contributed by atoms with Crippen molar-refractivity contribution in [3.05, 3.63) is 58.5 Å². The van der Waals surface area contributed by atoms with Crippen molar-refractivity contribution in [1.29, 1.82) is 0 Å². The molecular weight excluding hydrogens is 448 g/mol. The largest absolute Gasteiger partial charge is 0.490 e. The lowest BCUT2D eigenvalue weighted by Gasteiger charge is -2.13. The van der Waals surface area contributed by atoms with Crippen LogP contribution >= 0.6 is 11.8 Å². The molecule has 0 aliphatic carbocycles. The Morgan fingerprint density at radius 1 is 1.09 bits per heavy atom. The first kappa shape index (κ1) is 23.9. The number of carbonyl (C=O) groups is 4. The molecule has 1 aliphatic rings. The summed E-state index contributed by atoms with van der Waals surface area (Å²) in [6, 6.07) is 11.9. The predicted octanol–water partition coefficient (Wildman–Crippen LogP) is 3.53. The van der Waals surface area contributed by atoms with Crippen molar-refractivity contribution in [2.24, 2.45) is 0 Å². The van der Waals surface area contributed by atoms with E-state index in [1.165, 1.54) is 12.1 Å². The van der Waals surface area contributed by atoms with Crippen molar-refractivity contribution >= 4 is 46.5 Å². The molecule has 3 rings (SSSR count). The normalized spacial score (nSPS) is 14.5. The van der Waals surface area contributed by atoms with Gasteiger partial charge in [-0.05, 0) is 61.5 Å². The van der Waals surface area contributed by atoms with E-state index in [9.17, 15) is 19.2 Å². The van der Waals surface area contributed by atoms with Gasteiger partial charge in [0.15, 0.2) is 18.1 Å². The first-order valence-corrected chi connectivity index (χ1v) is 10.8. The lowest BCUT2D eigenvalue weighted by molar-refractivity contribution is -0.139. The van der Waals surface area contributed by atoms with Crippen LogP contribution in [0.5, 0.6) is 11.5 Å². The number of benzene rings is 2. The van der Waals surface area contributed by atoms with Gasteiger partial charge < -0.3 is 19.9 Å². The van der Waals surface area contributed by atoms with E-state index in [0.717, 1.165) is 22.2 Å². The lowest BCUT2D eigenvalue weighted by atomic mass is 10.2. The number of aryl methyl sites for hydroxylation is 1. The zero-order chi connectivity index (χ0) is 24.0. The highest BCUT2D eigenvalue weighted by molar-refractivity contribution is 8.18. The third-order valence-electron chi connectivity index (χ3n) is 4.43. The van der Waals surface area contributed by atoms with Crippen molar-refractivity contribution in [3.8, 4) is 11.5 Å². The van der Waals surface area contributed by atoms with Crippen LogP contribution in [0, 0.1) is 6.92 Å². The summed E-state index contributed by atoms with van der Waals surface area (Å²) in [6.07, 6.45) is 1.51. The van der Waals surface area contributed by atoms with Crippen molar-refractivity contribution in [2.75, 3.05) is 25.1 Å². The van der Waals surface area contributed by atoms with Crippen LogP contribution in [0.1, 0.15) is 18.1 Å². The molecule has 0 spiro atoms. The molecule has 33 heavy (non-hydrogen) atoms. The molecule has 0 saturated carbocycles. The zero-order valence-electron chi connectivity index (χ0n) is 18.0. The summed E-state index contributed by atoms with van der Waals surface area (Å²) < 4.78 is 10.7. The van der Waals surface area contributed by atoms with Crippen LogP contribution in [0.25, 0.3) is 6.08 Å². The number of aliphatic carboxylic acids is 1. The van der Waals surface area contributed by atoms with Crippen LogP contribution in [0.2, 0.25) is 0 Å². The summed E-state index contributed by atoms with van der Waals surface area (Å²) in [5, 5.41) is 10.9. The van der Waals surface area contributed by atoms with E-state index in [1.54, 1.807) is 31.2 Å². The van der Waals surface area contributed by atoms with Gasteiger partial charge >= 0.3 is 5.97 Å². The second-order valence-corrected chi connectivity index (χ2v) is 8.00. The molecule has 1 heterocycles. The molecule has 2 aromatic rings. The molecule has 2 N–H and O–H groups in total. The minimum atomic E-state index is -1.12. The van der Waals surface area contributed by atoms with Crippen LogP contribution in [0.4, 0.5) is 10.5 Å². The maximum absolute atomic E-state index is 12.7. The van der Waals surface area contributed by atoms with Gasteiger partial charge in [-0.2, -0.15) is 0 Å². The molecule has 3 amide bonds. The van der Waals surface area contributed by atoms with Crippen molar-refractivity contribution in [2.45, 2.75) is 13.8 Å². The molecule has 1 aliphatic heterocycles. The van der Waals surface area contributed by atoms with E-state index in [2.05, 4.69) is 5.32 Å². The Hall–Kier alpha value is -3.79. The Balaban J connectivity index is 1.71. The molecular formula is C23H22N2O7S. The number of hydrogen-bond donors (Lipinski definition) is 2. The Kier molecular flexibility index (Phi) is 7.73. The molecule has 0 atom stereocenters. The maximum atomic E-state index is 12.7. The summed E-state index contributed by atoms with van der Waals surface area (Å²) in [5.74, 6) is -1.63. The summed E-state index contributed by atoms with van der Waals surface area (Å²) in [6.45, 7) is 3.08. The summed E-state index contributed by atoms with van der Waals surface area (Å²) in [7, 11) is 0. The SMILES string of the molecule is CCOc1cc(/C=C2/SC(=O)N(CC(=O)Nc3ccc(C)cc3)C2=O)ccc1OCC(=O)O. The van der Waals surface area contributed by atoms with Gasteiger partial charge in [0.2, 0.25) is 5.91 Å². The molecule has 1 fully saturated rings. The van der Waals surface area contributed by atoms with Crippen molar-refractivity contribution in [3.63, 3.8) is 0 Å². The van der Waals surface area contributed by atoms with Gasteiger partial charge in [0, 0.05) is 5.69 Å². The summed E-state index contributed by atoms with van der Waals surface area (Å²) >= 11 is 0.733. The van der Waals surface area contributed by atoms with E-state index < -0.39 is 36.2 Å². The number of carbonyl (C=O) groups excluding carboxylic acids is 3. The van der Waals surface area contributed by atoms with Gasteiger partial charge in [-0.15, -0.1) is 0 Å². The molecule has 0 aromatic heterocycles. The molecule has 10 heteroatoms. The number of carboxylic acids is 1. The number of hydrogen-bond acceptors (Lipinski definition) is 7. The number of nitrogens with zero attached hydrogens (tertiary/aromatic N) is 1. The van der Waals surface area contributed by atoms with Crippen molar-refractivity contribution < 1.29 is 33.8 Å². The molecule has 1 saturated heterocycles. The smallest absolute Gasteiger partial charge is 0.341 e. The van der Waals surface area contributed by atoms with Crippen LogP contribution < -0.4 is 14.8 Å². The molecule has 2 aromatic carbocycles. The van der Waals surface area contributed by atoms with Crippen LogP contribution in [0.15, 0.2) is 47.4 Å². The second kappa shape index (κ2) is 10.7. The summed E-state index contributed by atoms with van der Waals surface area (Å²) in [5.41, 5.74) is 2.16. The number of thioether (sulfide) groups is 1. The van der Waals surface area contributed by atoms with E-state index in [0.29, 0.717) is 23.6 Å². The Morgan fingerprint density at radius 2 is 1.82 bits per heavy atom. The van der Waals surface area contributed by atoms with Gasteiger partial charge in [0.25, 0.3) is 11.1 Å². The maximum Gasteiger partial charge on any atom is 0.341 e. The topological polar surface area (TPSA) is 122 Å². The number of anilines is 1. The molecule has 0 unspecified atom stereocenters. The van der Waals surface area contributed by atoms with Gasteiger partial charge in [-0.25, -0.2) is 4.79 Å². The van der Waals surface area contributed by atoms with Gasteiger partial charge in [-0.3, -0.25) is 19.3 Å². The highest BCUT2D eigenvalue weighted by Crippen LogP contribution is 2.34. The minimum absolute atomic E-state index is 0.157.